The number of nitrogens with one attached hydrogen (secondary N) is 1. The monoisotopic (exact) mass is 222 g/mol. The lowest BCUT2D eigenvalue weighted by atomic mass is 10.0. The Morgan fingerprint density at radius 1 is 1.44 bits per heavy atom. The van der Waals surface area contributed by atoms with Gasteiger partial charge in [-0.25, -0.2) is 0 Å². The zero-order valence-electron chi connectivity index (χ0n) is 10.5. The molecule has 1 aliphatic heterocycles. The molecule has 0 radical (unpaired) electrons. The van der Waals surface area contributed by atoms with Crippen LogP contribution in [0.15, 0.2) is 0 Å². The average Bonchev–Trinajstić information content (AvgIpc) is 2.82. The molecule has 2 heterocycles. The van der Waals surface area contributed by atoms with Crippen LogP contribution in [-0.4, -0.2) is 27.9 Å². The fourth-order valence-corrected chi connectivity index (χ4v) is 2.33. The fraction of sp³-hybridized carbons (Fsp3) is 0.833. The van der Waals surface area contributed by atoms with E-state index in [2.05, 4.69) is 33.9 Å². The molecule has 16 heavy (non-hydrogen) atoms. The molecule has 0 spiro atoms. The van der Waals surface area contributed by atoms with Crippen molar-refractivity contribution in [1.82, 2.24) is 20.1 Å². The maximum atomic E-state index is 4.32. The first-order valence-electron chi connectivity index (χ1n) is 6.26. The van der Waals surface area contributed by atoms with E-state index in [1.807, 2.05) is 6.92 Å². The first-order chi connectivity index (χ1) is 7.66. The molecule has 4 heteroatoms. The second-order valence-electron chi connectivity index (χ2n) is 5.23. The van der Waals surface area contributed by atoms with Crippen molar-refractivity contribution in [3.8, 4) is 0 Å². The molecule has 0 saturated carbocycles. The molecule has 1 atom stereocenters. The number of hydrogen-bond donors (Lipinski definition) is 1. The SMILES string of the molecule is Cc1nnc(CC2CCNC2)n1CC(C)C. The van der Waals surface area contributed by atoms with Crippen LogP contribution in [-0.2, 0) is 13.0 Å². The summed E-state index contributed by atoms with van der Waals surface area (Å²) in [6, 6.07) is 0. The Kier molecular flexibility index (Phi) is 3.59. The van der Waals surface area contributed by atoms with Gasteiger partial charge in [0.05, 0.1) is 0 Å². The molecule has 4 nitrogen and oxygen atoms in total. The van der Waals surface area contributed by atoms with E-state index < -0.39 is 0 Å². The lowest BCUT2D eigenvalue weighted by molar-refractivity contribution is 0.474. The molecule has 1 aromatic heterocycles. The van der Waals surface area contributed by atoms with Crippen molar-refractivity contribution in [2.45, 2.75) is 40.2 Å². The first kappa shape index (κ1) is 11.6. The van der Waals surface area contributed by atoms with Crippen molar-refractivity contribution in [2.75, 3.05) is 13.1 Å². The molecule has 0 bridgehead atoms. The molecule has 1 N–H and O–H groups in total. The number of nitrogens with zero attached hydrogens (tertiary/aromatic N) is 3. The minimum atomic E-state index is 0.648. The van der Waals surface area contributed by atoms with E-state index >= 15 is 0 Å². The Morgan fingerprint density at radius 3 is 2.88 bits per heavy atom. The minimum Gasteiger partial charge on any atom is -0.316 e. The van der Waals surface area contributed by atoms with Crippen LogP contribution in [0.25, 0.3) is 0 Å². The summed E-state index contributed by atoms with van der Waals surface area (Å²) >= 11 is 0. The van der Waals surface area contributed by atoms with Gasteiger partial charge in [0.2, 0.25) is 0 Å². The summed E-state index contributed by atoms with van der Waals surface area (Å²) in [5.74, 6) is 3.61. The Bertz CT molecular complexity index is 337. The van der Waals surface area contributed by atoms with E-state index in [0.29, 0.717) is 5.92 Å². The maximum absolute atomic E-state index is 4.32. The summed E-state index contributed by atoms with van der Waals surface area (Å²) in [5, 5.41) is 11.9. The highest BCUT2D eigenvalue weighted by Crippen LogP contribution is 2.15. The first-order valence-corrected chi connectivity index (χ1v) is 6.26. The number of hydrogen-bond acceptors (Lipinski definition) is 3. The summed E-state index contributed by atoms with van der Waals surface area (Å²) in [5.41, 5.74) is 0. The largest absolute Gasteiger partial charge is 0.316 e. The third-order valence-corrected chi connectivity index (χ3v) is 3.19. The van der Waals surface area contributed by atoms with Gasteiger partial charge in [-0.1, -0.05) is 13.8 Å². The van der Waals surface area contributed by atoms with Gasteiger partial charge in [0.15, 0.2) is 0 Å². The molecule has 0 aromatic carbocycles. The third-order valence-electron chi connectivity index (χ3n) is 3.19. The number of aryl methyl sites for hydroxylation is 1. The van der Waals surface area contributed by atoms with E-state index in [-0.39, 0.29) is 0 Å². The molecule has 0 aliphatic carbocycles. The van der Waals surface area contributed by atoms with Crippen LogP contribution in [0.2, 0.25) is 0 Å². The third kappa shape index (κ3) is 2.61. The Hall–Kier alpha value is -0.900. The van der Waals surface area contributed by atoms with Crippen molar-refractivity contribution in [3.05, 3.63) is 11.6 Å². The number of aromatic nitrogens is 3. The van der Waals surface area contributed by atoms with E-state index in [1.165, 1.54) is 12.2 Å². The average molecular weight is 222 g/mol. The zero-order valence-corrected chi connectivity index (χ0v) is 10.5. The van der Waals surface area contributed by atoms with Crippen LogP contribution in [0.3, 0.4) is 0 Å². The van der Waals surface area contributed by atoms with Crippen LogP contribution in [0, 0.1) is 18.8 Å². The number of rotatable bonds is 4. The predicted octanol–water partition coefficient (Wildman–Crippen LogP) is 1.39. The van der Waals surface area contributed by atoms with Crippen LogP contribution in [0.4, 0.5) is 0 Å². The van der Waals surface area contributed by atoms with Crippen molar-refractivity contribution < 1.29 is 0 Å². The Labute approximate surface area is 97.5 Å². The second kappa shape index (κ2) is 4.95. The van der Waals surface area contributed by atoms with Gasteiger partial charge in [-0.2, -0.15) is 0 Å². The smallest absolute Gasteiger partial charge is 0.133 e. The van der Waals surface area contributed by atoms with Crippen molar-refractivity contribution in [1.29, 1.82) is 0 Å². The predicted molar refractivity (Wildman–Crippen MR) is 64.3 cm³/mol. The molecule has 1 saturated heterocycles. The van der Waals surface area contributed by atoms with Gasteiger partial charge in [0.25, 0.3) is 0 Å². The van der Waals surface area contributed by atoms with Crippen LogP contribution in [0.5, 0.6) is 0 Å². The highest BCUT2D eigenvalue weighted by atomic mass is 15.3. The summed E-state index contributed by atoms with van der Waals surface area (Å²) in [4.78, 5) is 0. The Balaban J connectivity index is 2.07. The zero-order chi connectivity index (χ0) is 11.5. The van der Waals surface area contributed by atoms with Gasteiger partial charge < -0.3 is 9.88 Å². The molecular formula is C12H22N4. The second-order valence-corrected chi connectivity index (χ2v) is 5.23. The fourth-order valence-electron chi connectivity index (χ4n) is 2.33. The lowest BCUT2D eigenvalue weighted by Gasteiger charge is -2.13. The molecule has 1 aliphatic rings. The van der Waals surface area contributed by atoms with Crippen molar-refractivity contribution in [2.24, 2.45) is 11.8 Å². The molecule has 0 amide bonds. The van der Waals surface area contributed by atoms with E-state index in [4.69, 9.17) is 0 Å². The van der Waals surface area contributed by atoms with Gasteiger partial charge in [0, 0.05) is 13.0 Å². The minimum absolute atomic E-state index is 0.648. The van der Waals surface area contributed by atoms with Gasteiger partial charge in [-0.05, 0) is 38.3 Å². The topological polar surface area (TPSA) is 42.7 Å². The van der Waals surface area contributed by atoms with E-state index in [0.717, 1.165) is 37.8 Å². The van der Waals surface area contributed by atoms with Gasteiger partial charge in [-0.15, -0.1) is 10.2 Å². The van der Waals surface area contributed by atoms with Crippen LogP contribution < -0.4 is 5.32 Å². The molecule has 90 valence electrons. The van der Waals surface area contributed by atoms with Crippen LogP contribution in [0.1, 0.15) is 31.9 Å². The van der Waals surface area contributed by atoms with Crippen molar-refractivity contribution >= 4 is 0 Å². The summed E-state index contributed by atoms with van der Waals surface area (Å²) in [6.07, 6.45) is 2.34. The van der Waals surface area contributed by atoms with Gasteiger partial charge in [0.1, 0.15) is 11.6 Å². The molecular weight excluding hydrogens is 200 g/mol. The lowest BCUT2D eigenvalue weighted by Crippen LogP contribution is -2.16. The molecule has 1 fully saturated rings. The molecule has 1 aromatic rings. The van der Waals surface area contributed by atoms with Crippen molar-refractivity contribution in [3.63, 3.8) is 0 Å². The highest BCUT2D eigenvalue weighted by molar-refractivity contribution is 4.97. The van der Waals surface area contributed by atoms with Crippen LogP contribution >= 0.6 is 0 Å². The van der Waals surface area contributed by atoms with E-state index in [1.54, 1.807) is 0 Å². The standard InChI is InChI=1S/C12H22N4/c1-9(2)8-16-10(3)14-15-12(16)6-11-4-5-13-7-11/h9,11,13H,4-8H2,1-3H3. The Morgan fingerprint density at radius 2 is 2.25 bits per heavy atom. The maximum Gasteiger partial charge on any atom is 0.133 e. The molecule has 1 unspecified atom stereocenters. The quantitative estimate of drug-likeness (QED) is 0.837. The van der Waals surface area contributed by atoms with Gasteiger partial charge in [-0.3, -0.25) is 0 Å². The molecule has 2 rings (SSSR count). The highest BCUT2D eigenvalue weighted by Gasteiger charge is 2.19. The summed E-state index contributed by atoms with van der Waals surface area (Å²) < 4.78 is 2.28. The van der Waals surface area contributed by atoms with Gasteiger partial charge >= 0.3 is 0 Å². The summed E-state index contributed by atoms with van der Waals surface area (Å²) in [6.45, 7) is 9.84. The summed E-state index contributed by atoms with van der Waals surface area (Å²) in [7, 11) is 0. The van der Waals surface area contributed by atoms with E-state index in [9.17, 15) is 0 Å². The normalized spacial score (nSPS) is 20.9.